The molecule has 6 nitrogen and oxygen atoms in total. The number of anilines is 1. The maximum Gasteiger partial charge on any atom is 0.295 e. The normalized spacial score (nSPS) is 15.1. The molecule has 3 aromatic carbocycles. The summed E-state index contributed by atoms with van der Waals surface area (Å²) in [6.07, 6.45) is 0. The molecule has 1 amide bonds. The number of hydrogen-bond acceptors (Lipinski definition) is 5. The Kier molecular flexibility index (Phi) is 5.09. The van der Waals surface area contributed by atoms with Crippen molar-refractivity contribution in [2.45, 2.75) is 13.0 Å². The molecule has 0 fully saturated rings. The van der Waals surface area contributed by atoms with Gasteiger partial charge in [-0.15, -0.1) is 0 Å². The van der Waals surface area contributed by atoms with E-state index in [4.69, 9.17) is 13.9 Å². The van der Waals surface area contributed by atoms with Crippen molar-refractivity contribution in [3.63, 3.8) is 0 Å². The van der Waals surface area contributed by atoms with E-state index in [2.05, 4.69) is 0 Å². The molecule has 33 heavy (non-hydrogen) atoms. The Morgan fingerprint density at radius 1 is 0.970 bits per heavy atom. The van der Waals surface area contributed by atoms with Crippen molar-refractivity contribution >= 4 is 22.6 Å². The van der Waals surface area contributed by atoms with E-state index in [0.29, 0.717) is 29.4 Å². The minimum absolute atomic E-state index is 0.0474. The van der Waals surface area contributed by atoms with Gasteiger partial charge in [-0.3, -0.25) is 14.5 Å². The highest BCUT2D eigenvalue weighted by Gasteiger charge is 2.43. The second-order valence-electron chi connectivity index (χ2n) is 7.59. The molecule has 5 rings (SSSR count). The lowest BCUT2D eigenvalue weighted by atomic mass is 9.98. The standard InChI is InChI=1S/C26H20FNO5/c1-3-32-19-9-4-15(5-10-19)23-22-24(29)20-14-16(27)6-13-21(20)33-25(22)26(30)28(23)17-7-11-18(31-2)12-8-17/h4-14,23H,3H2,1-2H3. The average Bonchev–Trinajstić information content (AvgIpc) is 3.13. The van der Waals surface area contributed by atoms with E-state index >= 15 is 0 Å². The van der Waals surface area contributed by atoms with Gasteiger partial charge >= 0.3 is 0 Å². The van der Waals surface area contributed by atoms with Crippen LogP contribution in [0.4, 0.5) is 10.1 Å². The van der Waals surface area contributed by atoms with Crippen molar-refractivity contribution in [1.82, 2.24) is 0 Å². The van der Waals surface area contributed by atoms with E-state index in [1.54, 1.807) is 43.5 Å². The van der Waals surface area contributed by atoms with Crippen LogP contribution in [0.15, 0.2) is 75.9 Å². The lowest BCUT2D eigenvalue weighted by molar-refractivity contribution is 0.0971. The predicted octanol–water partition coefficient (Wildman–Crippen LogP) is 5.09. The van der Waals surface area contributed by atoms with Crippen LogP contribution in [0.3, 0.4) is 0 Å². The summed E-state index contributed by atoms with van der Waals surface area (Å²) in [7, 11) is 1.56. The molecular formula is C26H20FNO5. The molecule has 2 heterocycles. The van der Waals surface area contributed by atoms with Gasteiger partial charge in [-0.1, -0.05) is 12.1 Å². The summed E-state index contributed by atoms with van der Waals surface area (Å²) in [4.78, 5) is 28.5. The SMILES string of the molecule is CCOc1ccc(C2c3c(oc4ccc(F)cc4c3=O)C(=O)N2c2ccc(OC)cc2)cc1. The number of nitrogens with zero attached hydrogens (tertiary/aromatic N) is 1. The van der Waals surface area contributed by atoms with Crippen LogP contribution in [0.5, 0.6) is 11.5 Å². The van der Waals surface area contributed by atoms with E-state index in [1.807, 2.05) is 19.1 Å². The second-order valence-corrected chi connectivity index (χ2v) is 7.59. The minimum atomic E-state index is -0.750. The molecule has 1 unspecified atom stereocenters. The lowest BCUT2D eigenvalue weighted by Crippen LogP contribution is -2.29. The van der Waals surface area contributed by atoms with Gasteiger partial charge in [0.25, 0.3) is 5.91 Å². The van der Waals surface area contributed by atoms with Crippen molar-refractivity contribution in [3.8, 4) is 11.5 Å². The van der Waals surface area contributed by atoms with E-state index in [1.165, 1.54) is 17.0 Å². The van der Waals surface area contributed by atoms with Gasteiger partial charge < -0.3 is 13.9 Å². The zero-order valence-corrected chi connectivity index (χ0v) is 18.0. The number of carbonyl (C=O) groups excluding carboxylic acids is 1. The molecule has 7 heteroatoms. The fourth-order valence-corrected chi connectivity index (χ4v) is 4.18. The van der Waals surface area contributed by atoms with Crippen molar-refractivity contribution < 1.29 is 23.1 Å². The fraction of sp³-hybridized carbons (Fsp3) is 0.154. The zero-order chi connectivity index (χ0) is 23.1. The van der Waals surface area contributed by atoms with Crippen LogP contribution in [0.2, 0.25) is 0 Å². The van der Waals surface area contributed by atoms with Crippen LogP contribution in [0, 0.1) is 5.82 Å². The van der Waals surface area contributed by atoms with Crippen LogP contribution in [-0.2, 0) is 0 Å². The summed E-state index contributed by atoms with van der Waals surface area (Å²) in [6.45, 7) is 2.41. The molecule has 0 bridgehead atoms. The zero-order valence-electron chi connectivity index (χ0n) is 18.0. The molecule has 4 aromatic rings. The van der Waals surface area contributed by atoms with Gasteiger partial charge in [-0.25, -0.2) is 4.39 Å². The van der Waals surface area contributed by atoms with Gasteiger partial charge in [-0.2, -0.15) is 0 Å². The molecule has 0 radical (unpaired) electrons. The summed E-state index contributed by atoms with van der Waals surface area (Å²) in [5.41, 5.74) is 1.17. The maximum absolute atomic E-state index is 13.9. The maximum atomic E-state index is 13.9. The molecule has 166 valence electrons. The summed E-state index contributed by atoms with van der Waals surface area (Å²) in [5, 5.41) is 0.0917. The number of benzene rings is 3. The Bertz CT molecular complexity index is 1410. The van der Waals surface area contributed by atoms with E-state index in [9.17, 15) is 14.0 Å². The molecule has 0 saturated heterocycles. The second kappa shape index (κ2) is 8.09. The van der Waals surface area contributed by atoms with Crippen molar-refractivity contribution in [2.24, 2.45) is 0 Å². The topological polar surface area (TPSA) is 69.0 Å². The number of methoxy groups -OCH3 is 1. The first kappa shape index (κ1) is 20.8. The van der Waals surface area contributed by atoms with Gasteiger partial charge in [0, 0.05) is 5.69 Å². The largest absolute Gasteiger partial charge is 0.497 e. The molecule has 1 atom stereocenters. The summed E-state index contributed by atoms with van der Waals surface area (Å²) in [5.74, 6) is 0.264. The third-order valence-corrected chi connectivity index (χ3v) is 5.69. The van der Waals surface area contributed by atoms with Gasteiger partial charge in [-0.05, 0) is 67.1 Å². The number of ether oxygens (including phenoxy) is 2. The minimum Gasteiger partial charge on any atom is -0.497 e. The molecule has 0 N–H and O–H groups in total. The summed E-state index contributed by atoms with van der Waals surface area (Å²) >= 11 is 0. The Morgan fingerprint density at radius 2 is 1.67 bits per heavy atom. The first-order valence-electron chi connectivity index (χ1n) is 10.5. The lowest BCUT2D eigenvalue weighted by Gasteiger charge is -2.25. The molecular weight excluding hydrogens is 425 g/mol. The Hall–Kier alpha value is -4.13. The smallest absolute Gasteiger partial charge is 0.295 e. The average molecular weight is 445 g/mol. The van der Waals surface area contributed by atoms with Gasteiger partial charge in [0.05, 0.1) is 30.7 Å². The summed E-state index contributed by atoms with van der Waals surface area (Å²) < 4.78 is 30.5. The van der Waals surface area contributed by atoms with E-state index in [0.717, 1.165) is 6.07 Å². The molecule has 0 spiro atoms. The molecule has 1 aromatic heterocycles. The molecule has 1 aliphatic heterocycles. The summed E-state index contributed by atoms with van der Waals surface area (Å²) in [6, 6.07) is 17.1. The number of amides is 1. The highest BCUT2D eigenvalue weighted by molar-refractivity contribution is 6.10. The predicted molar refractivity (Wildman–Crippen MR) is 122 cm³/mol. The van der Waals surface area contributed by atoms with Gasteiger partial charge in [0.1, 0.15) is 22.9 Å². The van der Waals surface area contributed by atoms with Crippen LogP contribution in [0.1, 0.15) is 34.6 Å². The fourth-order valence-electron chi connectivity index (χ4n) is 4.18. The molecule has 1 aliphatic rings. The first-order valence-corrected chi connectivity index (χ1v) is 10.5. The van der Waals surface area contributed by atoms with Crippen LogP contribution in [0.25, 0.3) is 11.0 Å². The Morgan fingerprint density at radius 3 is 2.33 bits per heavy atom. The number of fused-ring (bicyclic) bond motifs is 2. The van der Waals surface area contributed by atoms with Crippen molar-refractivity contribution in [2.75, 3.05) is 18.6 Å². The highest BCUT2D eigenvalue weighted by atomic mass is 19.1. The third kappa shape index (κ3) is 3.42. The van der Waals surface area contributed by atoms with Crippen molar-refractivity contribution in [1.29, 1.82) is 0 Å². The molecule has 0 aliphatic carbocycles. The third-order valence-electron chi connectivity index (χ3n) is 5.69. The quantitative estimate of drug-likeness (QED) is 0.428. The monoisotopic (exact) mass is 445 g/mol. The number of carbonyl (C=O) groups is 1. The van der Waals surface area contributed by atoms with Crippen LogP contribution < -0.4 is 19.8 Å². The Labute approximate surface area is 188 Å². The van der Waals surface area contributed by atoms with E-state index in [-0.39, 0.29) is 22.3 Å². The van der Waals surface area contributed by atoms with Crippen LogP contribution >= 0.6 is 0 Å². The van der Waals surface area contributed by atoms with Gasteiger partial charge in [0.15, 0.2) is 5.43 Å². The Balaban J connectivity index is 1.74. The first-order chi connectivity index (χ1) is 16.0. The number of hydrogen-bond donors (Lipinski definition) is 0. The number of halogens is 1. The van der Waals surface area contributed by atoms with Gasteiger partial charge in [0.2, 0.25) is 5.76 Å². The number of rotatable bonds is 5. The van der Waals surface area contributed by atoms with E-state index < -0.39 is 23.2 Å². The van der Waals surface area contributed by atoms with Crippen molar-refractivity contribution in [3.05, 3.63) is 99.7 Å². The highest BCUT2D eigenvalue weighted by Crippen LogP contribution is 2.41. The molecule has 0 saturated carbocycles. The van der Waals surface area contributed by atoms with Crippen LogP contribution in [-0.4, -0.2) is 19.6 Å².